The maximum Gasteiger partial charge on any atom is 0.0583 e. The van der Waals surface area contributed by atoms with E-state index >= 15 is 0 Å². The van der Waals surface area contributed by atoms with Gasteiger partial charge in [-0.2, -0.15) is 0 Å². The van der Waals surface area contributed by atoms with E-state index in [1.165, 1.54) is 5.56 Å². The highest BCUT2D eigenvalue weighted by Crippen LogP contribution is 2.26. The molecule has 0 aliphatic carbocycles. The number of hydrogen-bond donors (Lipinski definition) is 1. The largest absolute Gasteiger partial charge is 0.393 e. The number of hydrogen-bond acceptors (Lipinski definition) is 1. The maximum atomic E-state index is 10.2. The van der Waals surface area contributed by atoms with E-state index in [9.17, 15) is 5.11 Å². The topological polar surface area (TPSA) is 20.2 Å². The molecule has 0 aliphatic heterocycles. The Labute approximate surface area is 160 Å². The third-order valence-corrected chi connectivity index (χ3v) is 4.67. The second-order valence-corrected chi connectivity index (χ2v) is 6.85. The Morgan fingerprint density at radius 1 is 0.808 bits per heavy atom. The van der Waals surface area contributed by atoms with Crippen molar-refractivity contribution in [1.82, 2.24) is 0 Å². The summed E-state index contributed by atoms with van der Waals surface area (Å²) >= 11 is 5.97. The Bertz CT molecular complexity index is 885. The normalized spacial score (nSPS) is 12.7. The smallest absolute Gasteiger partial charge is 0.0583 e. The van der Waals surface area contributed by atoms with Gasteiger partial charge in [-0.25, -0.2) is 0 Å². The van der Waals surface area contributed by atoms with Gasteiger partial charge < -0.3 is 5.11 Å². The van der Waals surface area contributed by atoms with E-state index in [0.29, 0.717) is 5.02 Å². The first kappa shape index (κ1) is 18.3. The first-order chi connectivity index (χ1) is 12.6. The third-order valence-electron chi connectivity index (χ3n) is 4.41. The second kappa shape index (κ2) is 8.72. The molecule has 0 radical (unpaired) electrons. The predicted octanol–water partition coefficient (Wildman–Crippen LogP) is 5.45. The molecule has 130 valence electrons. The monoisotopic (exact) mass is 360 g/mol. The average molecular weight is 361 g/mol. The number of halogens is 1. The maximum absolute atomic E-state index is 10.2. The summed E-state index contributed by atoms with van der Waals surface area (Å²) in [6.45, 7) is 1.83. The van der Waals surface area contributed by atoms with Gasteiger partial charge in [-0.1, -0.05) is 65.9 Å². The number of benzene rings is 3. The minimum Gasteiger partial charge on any atom is -0.393 e. The lowest BCUT2D eigenvalue weighted by molar-refractivity contribution is 0.161. The summed E-state index contributed by atoms with van der Waals surface area (Å²) in [6, 6.07) is 25.9. The SMILES string of the molecule is CC(O)C(Cc1ccc(C#Cc2ccccc2)cc1)c1ccc(Cl)cc1. The van der Waals surface area contributed by atoms with Crippen LogP contribution in [-0.2, 0) is 6.42 Å². The molecule has 0 saturated heterocycles. The number of aliphatic hydroxyl groups excluding tert-OH is 1. The van der Waals surface area contributed by atoms with Crippen molar-refractivity contribution in [2.75, 3.05) is 0 Å². The Kier molecular flexibility index (Phi) is 6.12. The molecule has 0 amide bonds. The Balaban J connectivity index is 1.73. The van der Waals surface area contributed by atoms with Crippen LogP contribution in [-0.4, -0.2) is 11.2 Å². The van der Waals surface area contributed by atoms with Gasteiger partial charge in [0.15, 0.2) is 0 Å². The van der Waals surface area contributed by atoms with Crippen molar-refractivity contribution in [2.24, 2.45) is 0 Å². The predicted molar refractivity (Wildman–Crippen MR) is 108 cm³/mol. The molecule has 2 unspecified atom stereocenters. The van der Waals surface area contributed by atoms with Crippen LogP contribution in [0, 0.1) is 11.8 Å². The fourth-order valence-electron chi connectivity index (χ4n) is 2.92. The fraction of sp³-hybridized carbons (Fsp3) is 0.167. The Morgan fingerprint density at radius 3 is 1.96 bits per heavy atom. The lowest BCUT2D eigenvalue weighted by atomic mass is 9.88. The van der Waals surface area contributed by atoms with Crippen LogP contribution in [0.15, 0.2) is 78.9 Å². The summed E-state index contributed by atoms with van der Waals surface area (Å²) in [5.74, 6) is 6.39. The Morgan fingerprint density at radius 2 is 1.38 bits per heavy atom. The summed E-state index contributed by atoms with van der Waals surface area (Å²) in [5, 5.41) is 10.9. The molecule has 3 rings (SSSR count). The van der Waals surface area contributed by atoms with Crippen LogP contribution in [0.2, 0.25) is 5.02 Å². The van der Waals surface area contributed by atoms with E-state index in [1.54, 1.807) is 0 Å². The summed E-state index contributed by atoms with van der Waals surface area (Å²) in [7, 11) is 0. The van der Waals surface area contributed by atoms with Crippen molar-refractivity contribution >= 4 is 11.6 Å². The number of rotatable bonds is 4. The molecule has 3 aromatic rings. The van der Waals surface area contributed by atoms with Crippen molar-refractivity contribution in [2.45, 2.75) is 25.4 Å². The summed E-state index contributed by atoms with van der Waals surface area (Å²) < 4.78 is 0. The minimum atomic E-state index is -0.436. The van der Waals surface area contributed by atoms with Gasteiger partial charge in [0.2, 0.25) is 0 Å². The van der Waals surface area contributed by atoms with Crippen LogP contribution in [0.4, 0.5) is 0 Å². The molecular formula is C24H21ClO. The van der Waals surface area contributed by atoms with Crippen molar-refractivity contribution in [3.63, 3.8) is 0 Å². The van der Waals surface area contributed by atoms with Gasteiger partial charge >= 0.3 is 0 Å². The molecule has 2 heteroatoms. The molecule has 0 bridgehead atoms. The molecule has 0 heterocycles. The van der Waals surface area contributed by atoms with Crippen molar-refractivity contribution in [1.29, 1.82) is 0 Å². The molecule has 26 heavy (non-hydrogen) atoms. The quantitative estimate of drug-likeness (QED) is 0.613. The van der Waals surface area contributed by atoms with Gasteiger partial charge in [0.05, 0.1) is 6.10 Å². The third kappa shape index (κ3) is 4.99. The van der Waals surface area contributed by atoms with Crippen LogP contribution in [0.3, 0.4) is 0 Å². The molecule has 2 atom stereocenters. The Hall–Kier alpha value is -2.53. The van der Waals surface area contributed by atoms with E-state index in [1.807, 2.05) is 73.7 Å². The average Bonchev–Trinajstić information content (AvgIpc) is 2.67. The van der Waals surface area contributed by atoms with Crippen LogP contribution < -0.4 is 0 Å². The standard InChI is InChI=1S/C24H21ClO/c1-18(26)24(22-13-15-23(25)16-14-22)17-21-11-9-20(10-12-21)8-7-19-5-3-2-4-6-19/h2-6,9-16,18,24,26H,17H2,1H3. The van der Waals surface area contributed by atoms with Crippen LogP contribution in [0.1, 0.15) is 35.1 Å². The summed E-state index contributed by atoms with van der Waals surface area (Å²) in [4.78, 5) is 0. The van der Waals surface area contributed by atoms with E-state index in [4.69, 9.17) is 11.6 Å². The highest BCUT2D eigenvalue weighted by atomic mass is 35.5. The van der Waals surface area contributed by atoms with Crippen LogP contribution in [0.5, 0.6) is 0 Å². The van der Waals surface area contributed by atoms with Gasteiger partial charge in [0, 0.05) is 22.1 Å². The zero-order chi connectivity index (χ0) is 18.4. The van der Waals surface area contributed by atoms with E-state index in [-0.39, 0.29) is 5.92 Å². The molecule has 0 aromatic heterocycles. The molecule has 0 fully saturated rings. The molecule has 1 nitrogen and oxygen atoms in total. The van der Waals surface area contributed by atoms with E-state index in [2.05, 4.69) is 24.0 Å². The number of aliphatic hydroxyl groups is 1. The zero-order valence-electron chi connectivity index (χ0n) is 14.7. The second-order valence-electron chi connectivity index (χ2n) is 6.42. The molecular weight excluding hydrogens is 340 g/mol. The van der Waals surface area contributed by atoms with E-state index < -0.39 is 6.10 Å². The lowest BCUT2D eigenvalue weighted by Gasteiger charge is -2.20. The van der Waals surface area contributed by atoms with Crippen molar-refractivity contribution in [3.8, 4) is 11.8 Å². The van der Waals surface area contributed by atoms with Gasteiger partial charge in [-0.3, -0.25) is 0 Å². The van der Waals surface area contributed by atoms with E-state index in [0.717, 1.165) is 23.1 Å². The van der Waals surface area contributed by atoms with Gasteiger partial charge in [0.1, 0.15) is 0 Å². The highest BCUT2D eigenvalue weighted by molar-refractivity contribution is 6.30. The highest BCUT2D eigenvalue weighted by Gasteiger charge is 2.18. The van der Waals surface area contributed by atoms with Gasteiger partial charge in [-0.15, -0.1) is 0 Å². The summed E-state index contributed by atoms with van der Waals surface area (Å²) in [6.07, 6.45) is 0.333. The van der Waals surface area contributed by atoms with Gasteiger partial charge in [0.25, 0.3) is 0 Å². The lowest BCUT2D eigenvalue weighted by Crippen LogP contribution is -2.17. The molecule has 0 aliphatic rings. The fourth-order valence-corrected chi connectivity index (χ4v) is 3.05. The molecule has 1 N–H and O–H groups in total. The zero-order valence-corrected chi connectivity index (χ0v) is 15.4. The first-order valence-corrected chi connectivity index (χ1v) is 9.09. The van der Waals surface area contributed by atoms with Crippen LogP contribution in [0.25, 0.3) is 0 Å². The van der Waals surface area contributed by atoms with Crippen molar-refractivity contribution in [3.05, 3.63) is 106 Å². The molecule has 0 spiro atoms. The minimum absolute atomic E-state index is 0.0357. The van der Waals surface area contributed by atoms with Gasteiger partial charge in [-0.05, 0) is 60.9 Å². The molecule has 3 aromatic carbocycles. The first-order valence-electron chi connectivity index (χ1n) is 8.71. The van der Waals surface area contributed by atoms with Crippen LogP contribution >= 0.6 is 11.6 Å². The summed E-state index contributed by atoms with van der Waals surface area (Å²) in [5.41, 5.74) is 4.26. The van der Waals surface area contributed by atoms with Crippen molar-refractivity contribution < 1.29 is 5.11 Å². The molecule has 0 saturated carbocycles.